The van der Waals surface area contributed by atoms with Crippen LogP contribution in [0.25, 0.3) is 16.5 Å². The Kier molecular flexibility index (Phi) is 5.64. The molecular formula is C16H18ClNS. The topological polar surface area (TPSA) is 12.0 Å². The summed E-state index contributed by atoms with van der Waals surface area (Å²) in [5.74, 6) is 0. The number of halogens is 1. The van der Waals surface area contributed by atoms with E-state index in [1.54, 1.807) is 11.3 Å². The first kappa shape index (κ1) is 14.3. The van der Waals surface area contributed by atoms with Crippen LogP contribution in [0.3, 0.4) is 0 Å². The Morgan fingerprint density at radius 3 is 2.68 bits per heavy atom. The third-order valence-electron chi connectivity index (χ3n) is 2.73. The van der Waals surface area contributed by atoms with E-state index in [-0.39, 0.29) is 0 Å². The molecule has 1 nitrogen and oxygen atoms in total. The van der Waals surface area contributed by atoms with Crippen molar-refractivity contribution in [2.45, 2.75) is 13.3 Å². The fourth-order valence-electron chi connectivity index (χ4n) is 1.75. The van der Waals surface area contributed by atoms with Gasteiger partial charge in [0.1, 0.15) is 0 Å². The van der Waals surface area contributed by atoms with E-state index >= 15 is 0 Å². The van der Waals surface area contributed by atoms with Gasteiger partial charge in [-0.15, -0.1) is 11.3 Å². The van der Waals surface area contributed by atoms with Gasteiger partial charge in [-0.05, 0) is 48.9 Å². The molecule has 3 heteroatoms. The van der Waals surface area contributed by atoms with Crippen LogP contribution in [0, 0.1) is 0 Å². The summed E-state index contributed by atoms with van der Waals surface area (Å²) >= 11 is 7.70. The Labute approximate surface area is 123 Å². The molecule has 0 bridgehead atoms. The molecule has 0 saturated heterocycles. The molecule has 100 valence electrons. The SMILES string of the molecule is CCCNCC=Cc1ccc(-c2ccc(Cl)cc2)s1. The Morgan fingerprint density at radius 1 is 1.16 bits per heavy atom. The normalized spacial score (nSPS) is 11.3. The number of rotatable bonds is 6. The van der Waals surface area contributed by atoms with Crippen LogP contribution in [0.5, 0.6) is 0 Å². The van der Waals surface area contributed by atoms with Gasteiger partial charge in [0.05, 0.1) is 0 Å². The van der Waals surface area contributed by atoms with Gasteiger partial charge in [0.15, 0.2) is 0 Å². The molecule has 19 heavy (non-hydrogen) atoms. The van der Waals surface area contributed by atoms with Gasteiger partial charge in [-0.3, -0.25) is 0 Å². The molecule has 0 aliphatic rings. The van der Waals surface area contributed by atoms with Gasteiger partial charge in [-0.2, -0.15) is 0 Å². The Balaban J connectivity index is 1.97. The average Bonchev–Trinajstić information content (AvgIpc) is 2.88. The van der Waals surface area contributed by atoms with Gasteiger partial charge in [0.2, 0.25) is 0 Å². The molecule has 1 aromatic carbocycles. The zero-order valence-electron chi connectivity index (χ0n) is 11.0. The van der Waals surface area contributed by atoms with Crippen molar-refractivity contribution in [1.82, 2.24) is 5.32 Å². The van der Waals surface area contributed by atoms with Crippen molar-refractivity contribution in [2.75, 3.05) is 13.1 Å². The lowest BCUT2D eigenvalue weighted by atomic mass is 10.2. The predicted octanol–water partition coefficient (Wildman–Crippen LogP) is 5.08. The first-order valence-electron chi connectivity index (χ1n) is 6.52. The molecule has 0 radical (unpaired) electrons. The Morgan fingerprint density at radius 2 is 1.95 bits per heavy atom. The van der Waals surface area contributed by atoms with E-state index in [0.29, 0.717) is 0 Å². The first-order valence-corrected chi connectivity index (χ1v) is 7.72. The first-order chi connectivity index (χ1) is 9.29. The molecule has 1 N–H and O–H groups in total. The number of hydrogen-bond acceptors (Lipinski definition) is 2. The molecule has 0 aliphatic heterocycles. The highest BCUT2D eigenvalue weighted by molar-refractivity contribution is 7.16. The number of thiophene rings is 1. The maximum Gasteiger partial charge on any atom is 0.0406 e. The molecule has 0 amide bonds. The van der Waals surface area contributed by atoms with Crippen molar-refractivity contribution in [3.63, 3.8) is 0 Å². The van der Waals surface area contributed by atoms with E-state index in [4.69, 9.17) is 11.6 Å². The van der Waals surface area contributed by atoms with Crippen molar-refractivity contribution in [3.05, 3.63) is 52.4 Å². The second kappa shape index (κ2) is 7.49. The van der Waals surface area contributed by atoms with E-state index in [1.165, 1.54) is 21.7 Å². The lowest BCUT2D eigenvalue weighted by Crippen LogP contribution is -2.13. The van der Waals surface area contributed by atoms with Gasteiger partial charge < -0.3 is 5.32 Å². The van der Waals surface area contributed by atoms with Crippen LogP contribution in [0.4, 0.5) is 0 Å². The summed E-state index contributed by atoms with van der Waals surface area (Å²) in [6, 6.07) is 12.3. The minimum absolute atomic E-state index is 0.780. The molecule has 0 spiro atoms. The van der Waals surface area contributed by atoms with E-state index in [9.17, 15) is 0 Å². The summed E-state index contributed by atoms with van der Waals surface area (Å²) in [5.41, 5.74) is 1.22. The molecule has 1 aromatic heterocycles. The fourth-order valence-corrected chi connectivity index (χ4v) is 2.82. The Hall–Kier alpha value is -1.09. The fraction of sp³-hybridized carbons (Fsp3) is 0.250. The van der Waals surface area contributed by atoms with Gasteiger partial charge >= 0.3 is 0 Å². The van der Waals surface area contributed by atoms with Crippen LogP contribution in [-0.4, -0.2) is 13.1 Å². The van der Waals surface area contributed by atoms with E-state index in [1.807, 2.05) is 12.1 Å². The molecule has 2 rings (SSSR count). The summed E-state index contributed by atoms with van der Waals surface area (Å²) < 4.78 is 0. The highest BCUT2D eigenvalue weighted by atomic mass is 35.5. The minimum atomic E-state index is 0.780. The summed E-state index contributed by atoms with van der Waals surface area (Å²) in [4.78, 5) is 2.56. The number of benzene rings is 1. The molecule has 0 atom stereocenters. The third-order valence-corrected chi connectivity index (χ3v) is 4.08. The quantitative estimate of drug-likeness (QED) is 0.732. The minimum Gasteiger partial charge on any atom is -0.313 e. The highest BCUT2D eigenvalue weighted by Crippen LogP contribution is 2.29. The molecule has 0 saturated carbocycles. The second-order valence-electron chi connectivity index (χ2n) is 4.32. The van der Waals surface area contributed by atoms with Crippen LogP contribution in [0.1, 0.15) is 18.2 Å². The van der Waals surface area contributed by atoms with Crippen LogP contribution >= 0.6 is 22.9 Å². The number of hydrogen-bond donors (Lipinski definition) is 1. The van der Waals surface area contributed by atoms with Crippen molar-refractivity contribution in [1.29, 1.82) is 0 Å². The third kappa shape index (κ3) is 4.50. The summed E-state index contributed by atoms with van der Waals surface area (Å²) in [6.07, 6.45) is 5.52. The standard InChI is InChI=1S/C16H18ClNS/c1-2-11-18-12-3-4-15-9-10-16(19-15)13-5-7-14(17)8-6-13/h3-10,18H,2,11-12H2,1H3. The van der Waals surface area contributed by atoms with E-state index in [0.717, 1.165) is 18.1 Å². The zero-order valence-corrected chi connectivity index (χ0v) is 12.6. The molecular weight excluding hydrogens is 274 g/mol. The van der Waals surface area contributed by atoms with Crippen molar-refractivity contribution in [2.24, 2.45) is 0 Å². The predicted molar refractivity (Wildman–Crippen MR) is 87.0 cm³/mol. The average molecular weight is 292 g/mol. The van der Waals surface area contributed by atoms with Crippen LogP contribution < -0.4 is 5.32 Å². The van der Waals surface area contributed by atoms with Crippen molar-refractivity contribution in [3.8, 4) is 10.4 Å². The highest BCUT2D eigenvalue weighted by Gasteiger charge is 2.00. The summed E-state index contributed by atoms with van der Waals surface area (Å²) in [7, 11) is 0. The maximum atomic E-state index is 5.90. The Bertz CT molecular complexity index is 528. The van der Waals surface area contributed by atoms with Crippen LogP contribution in [-0.2, 0) is 0 Å². The lowest BCUT2D eigenvalue weighted by molar-refractivity contribution is 0.730. The van der Waals surface area contributed by atoms with Crippen LogP contribution in [0.2, 0.25) is 5.02 Å². The van der Waals surface area contributed by atoms with Crippen molar-refractivity contribution < 1.29 is 0 Å². The molecule has 1 heterocycles. The van der Waals surface area contributed by atoms with E-state index < -0.39 is 0 Å². The summed E-state index contributed by atoms with van der Waals surface area (Å²) in [6.45, 7) is 4.18. The van der Waals surface area contributed by atoms with Crippen molar-refractivity contribution >= 4 is 29.0 Å². The van der Waals surface area contributed by atoms with Gasteiger partial charge in [0, 0.05) is 21.3 Å². The van der Waals surface area contributed by atoms with Gasteiger partial charge in [0.25, 0.3) is 0 Å². The largest absolute Gasteiger partial charge is 0.313 e. The zero-order chi connectivity index (χ0) is 13.5. The number of nitrogens with one attached hydrogen (secondary N) is 1. The monoisotopic (exact) mass is 291 g/mol. The molecule has 2 aromatic rings. The second-order valence-corrected chi connectivity index (χ2v) is 5.87. The molecule has 0 fully saturated rings. The molecule has 0 unspecified atom stereocenters. The van der Waals surface area contributed by atoms with Crippen LogP contribution in [0.15, 0.2) is 42.5 Å². The van der Waals surface area contributed by atoms with Gasteiger partial charge in [-0.1, -0.05) is 36.7 Å². The smallest absolute Gasteiger partial charge is 0.0406 e. The van der Waals surface area contributed by atoms with E-state index in [2.05, 4.69) is 48.7 Å². The molecule has 0 aliphatic carbocycles. The maximum absolute atomic E-state index is 5.90. The van der Waals surface area contributed by atoms with Gasteiger partial charge in [-0.25, -0.2) is 0 Å². The summed E-state index contributed by atoms with van der Waals surface area (Å²) in [5, 5.41) is 4.13. The lowest BCUT2D eigenvalue weighted by Gasteiger charge is -1.96.